The highest BCUT2D eigenvalue weighted by molar-refractivity contribution is 7.89. The molecule has 0 radical (unpaired) electrons. The van der Waals surface area contributed by atoms with Crippen LogP contribution in [0.3, 0.4) is 0 Å². The fourth-order valence-corrected chi connectivity index (χ4v) is 3.72. The number of aromatic nitrogens is 1. The Balaban J connectivity index is 2.15. The summed E-state index contributed by atoms with van der Waals surface area (Å²) < 4.78 is 51.1. The summed E-state index contributed by atoms with van der Waals surface area (Å²) in [5.74, 6) is -1.68. The van der Waals surface area contributed by atoms with Crippen molar-refractivity contribution in [3.63, 3.8) is 0 Å². The SMILES string of the molecule is NS(=O)(=O)c1cc(F)c(-c2cccnc2C2CCCC2)cc1F. The molecule has 1 heterocycles. The highest BCUT2D eigenvalue weighted by atomic mass is 32.2. The molecule has 0 saturated heterocycles. The third kappa shape index (κ3) is 3.11. The molecule has 122 valence electrons. The summed E-state index contributed by atoms with van der Waals surface area (Å²) in [7, 11) is -4.31. The van der Waals surface area contributed by atoms with E-state index in [2.05, 4.69) is 4.98 Å². The molecule has 0 amide bonds. The molecule has 23 heavy (non-hydrogen) atoms. The van der Waals surface area contributed by atoms with Crippen molar-refractivity contribution in [1.29, 1.82) is 0 Å². The zero-order chi connectivity index (χ0) is 16.6. The predicted molar refractivity (Wildman–Crippen MR) is 82.2 cm³/mol. The smallest absolute Gasteiger partial charge is 0.241 e. The first-order chi connectivity index (χ1) is 10.9. The van der Waals surface area contributed by atoms with Gasteiger partial charge < -0.3 is 0 Å². The van der Waals surface area contributed by atoms with Crippen LogP contribution in [0.5, 0.6) is 0 Å². The van der Waals surface area contributed by atoms with Crippen LogP contribution in [0.1, 0.15) is 37.3 Å². The van der Waals surface area contributed by atoms with Crippen molar-refractivity contribution in [1.82, 2.24) is 4.98 Å². The highest BCUT2D eigenvalue weighted by Gasteiger charge is 2.25. The minimum Gasteiger partial charge on any atom is -0.260 e. The number of hydrogen-bond acceptors (Lipinski definition) is 3. The molecule has 1 saturated carbocycles. The Bertz CT molecular complexity index is 847. The van der Waals surface area contributed by atoms with Crippen LogP contribution in [0.15, 0.2) is 35.4 Å². The number of nitrogens with zero attached hydrogens (tertiary/aromatic N) is 1. The summed E-state index contributed by atoms with van der Waals surface area (Å²) in [5, 5.41) is 4.90. The number of nitrogens with two attached hydrogens (primary N) is 1. The van der Waals surface area contributed by atoms with Crippen LogP contribution >= 0.6 is 0 Å². The molecule has 2 N–H and O–H groups in total. The molecule has 0 spiro atoms. The maximum atomic E-state index is 14.4. The van der Waals surface area contributed by atoms with Gasteiger partial charge in [0.25, 0.3) is 0 Å². The molecule has 1 fully saturated rings. The van der Waals surface area contributed by atoms with Gasteiger partial charge in [0.1, 0.15) is 16.5 Å². The molecule has 0 unspecified atom stereocenters. The number of benzene rings is 1. The molecule has 2 aromatic rings. The van der Waals surface area contributed by atoms with E-state index in [-0.39, 0.29) is 11.5 Å². The van der Waals surface area contributed by atoms with Crippen molar-refractivity contribution in [2.75, 3.05) is 0 Å². The second-order valence-electron chi connectivity index (χ2n) is 5.73. The molecule has 0 atom stereocenters. The molecule has 1 aliphatic rings. The average molecular weight is 338 g/mol. The van der Waals surface area contributed by atoms with E-state index in [1.807, 2.05) is 0 Å². The van der Waals surface area contributed by atoms with Gasteiger partial charge in [-0.25, -0.2) is 22.3 Å². The Labute approximate surface area is 133 Å². The van der Waals surface area contributed by atoms with E-state index < -0.39 is 26.6 Å². The second-order valence-corrected chi connectivity index (χ2v) is 7.25. The fraction of sp³-hybridized carbons (Fsp3) is 0.312. The monoisotopic (exact) mass is 338 g/mol. The molecule has 1 aliphatic carbocycles. The molecule has 3 rings (SSSR count). The van der Waals surface area contributed by atoms with Crippen LogP contribution < -0.4 is 5.14 Å². The maximum absolute atomic E-state index is 14.4. The van der Waals surface area contributed by atoms with E-state index in [1.165, 1.54) is 0 Å². The van der Waals surface area contributed by atoms with E-state index in [0.29, 0.717) is 11.6 Å². The maximum Gasteiger partial charge on any atom is 0.241 e. The van der Waals surface area contributed by atoms with Crippen LogP contribution in [0, 0.1) is 11.6 Å². The van der Waals surface area contributed by atoms with Crippen LogP contribution in [0.2, 0.25) is 0 Å². The van der Waals surface area contributed by atoms with Gasteiger partial charge in [0.15, 0.2) is 0 Å². The van der Waals surface area contributed by atoms with Crippen LogP contribution in [0.4, 0.5) is 8.78 Å². The molecular weight excluding hydrogens is 322 g/mol. The number of halogens is 2. The molecular formula is C16H16F2N2O2S. The summed E-state index contributed by atoms with van der Waals surface area (Å²) in [6, 6.07) is 4.84. The second kappa shape index (κ2) is 5.98. The van der Waals surface area contributed by atoms with Gasteiger partial charge in [0.2, 0.25) is 10.0 Å². The first-order valence-electron chi connectivity index (χ1n) is 7.35. The normalized spacial score (nSPS) is 16.0. The van der Waals surface area contributed by atoms with Gasteiger partial charge in [0.05, 0.1) is 5.69 Å². The number of hydrogen-bond donors (Lipinski definition) is 1. The molecule has 7 heteroatoms. The van der Waals surface area contributed by atoms with E-state index in [4.69, 9.17) is 5.14 Å². The Hall–Kier alpha value is -1.86. The fourth-order valence-electron chi connectivity index (χ4n) is 3.12. The molecule has 4 nitrogen and oxygen atoms in total. The first kappa shape index (κ1) is 16.0. The van der Waals surface area contributed by atoms with Crippen molar-refractivity contribution < 1.29 is 17.2 Å². The summed E-state index contributed by atoms with van der Waals surface area (Å²) in [4.78, 5) is 3.50. The van der Waals surface area contributed by atoms with Gasteiger partial charge in [-0.3, -0.25) is 4.98 Å². The van der Waals surface area contributed by atoms with Gasteiger partial charge in [-0.15, -0.1) is 0 Å². The zero-order valence-electron chi connectivity index (χ0n) is 12.3. The van der Waals surface area contributed by atoms with Crippen LogP contribution in [-0.2, 0) is 10.0 Å². The minimum absolute atomic E-state index is 0.00454. The minimum atomic E-state index is -4.31. The van der Waals surface area contributed by atoms with Gasteiger partial charge in [-0.05, 0) is 31.0 Å². The van der Waals surface area contributed by atoms with Crippen LogP contribution in [0.25, 0.3) is 11.1 Å². The van der Waals surface area contributed by atoms with E-state index in [0.717, 1.165) is 37.4 Å². The number of primary sulfonamides is 1. The standard InChI is InChI=1S/C16H16F2N2O2S/c17-13-9-15(23(19,21)22)14(18)8-12(13)11-6-3-7-20-16(11)10-4-1-2-5-10/h3,6-10H,1-2,4-5H2,(H2,19,21,22). The third-order valence-corrected chi connectivity index (χ3v) is 5.12. The van der Waals surface area contributed by atoms with Crippen molar-refractivity contribution in [3.05, 3.63) is 47.8 Å². The lowest BCUT2D eigenvalue weighted by molar-refractivity contribution is 0.555. The van der Waals surface area contributed by atoms with Crippen LogP contribution in [-0.4, -0.2) is 13.4 Å². The molecule has 1 aromatic carbocycles. The van der Waals surface area contributed by atoms with Gasteiger partial charge in [0, 0.05) is 23.2 Å². The quantitative estimate of drug-likeness (QED) is 0.933. The Morgan fingerprint density at radius 3 is 2.43 bits per heavy atom. The van der Waals surface area contributed by atoms with Crippen molar-refractivity contribution in [3.8, 4) is 11.1 Å². The largest absolute Gasteiger partial charge is 0.260 e. The summed E-state index contributed by atoms with van der Waals surface area (Å²) in [6.07, 6.45) is 5.72. The van der Waals surface area contributed by atoms with E-state index in [9.17, 15) is 17.2 Å². The Morgan fingerprint density at radius 2 is 1.78 bits per heavy atom. The summed E-state index contributed by atoms with van der Waals surface area (Å²) in [6.45, 7) is 0. The number of sulfonamides is 1. The highest BCUT2D eigenvalue weighted by Crippen LogP contribution is 2.39. The Morgan fingerprint density at radius 1 is 1.09 bits per heavy atom. The number of pyridine rings is 1. The van der Waals surface area contributed by atoms with Gasteiger partial charge in [-0.2, -0.15) is 0 Å². The lowest BCUT2D eigenvalue weighted by Crippen LogP contribution is -2.14. The van der Waals surface area contributed by atoms with E-state index in [1.54, 1.807) is 18.3 Å². The number of rotatable bonds is 3. The zero-order valence-corrected chi connectivity index (χ0v) is 13.1. The topological polar surface area (TPSA) is 73.1 Å². The molecule has 0 bridgehead atoms. The average Bonchev–Trinajstić information content (AvgIpc) is 3.02. The molecule has 1 aromatic heterocycles. The first-order valence-corrected chi connectivity index (χ1v) is 8.89. The lowest BCUT2D eigenvalue weighted by Gasteiger charge is -2.15. The Kier molecular flexibility index (Phi) is 4.16. The van der Waals surface area contributed by atoms with Gasteiger partial charge in [-0.1, -0.05) is 18.9 Å². The summed E-state index contributed by atoms with van der Waals surface area (Å²) >= 11 is 0. The van der Waals surface area contributed by atoms with Gasteiger partial charge >= 0.3 is 0 Å². The van der Waals surface area contributed by atoms with Crippen molar-refractivity contribution >= 4 is 10.0 Å². The predicted octanol–water partition coefficient (Wildman–Crippen LogP) is 3.33. The van der Waals surface area contributed by atoms with Crippen molar-refractivity contribution in [2.24, 2.45) is 5.14 Å². The third-order valence-electron chi connectivity index (χ3n) is 4.20. The van der Waals surface area contributed by atoms with E-state index >= 15 is 0 Å². The molecule has 0 aliphatic heterocycles. The van der Waals surface area contributed by atoms with Crippen molar-refractivity contribution in [2.45, 2.75) is 36.5 Å². The lowest BCUT2D eigenvalue weighted by atomic mass is 9.94. The summed E-state index contributed by atoms with van der Waals surface area (Å²) in [5.41, 5.74) is 1.23.